The van der Waals surface area contributed by atoms with Crippen molar-refractivity contribution in [2.24, 2.45) is 0 Å². The fourth-order valence-corrected chi connectivity index (χ4v) is 5.94. The van der Waals surface area contributed by atoms with Crippen LogP contribution in [-0.4, -0.2) is 47.1 Å². The minimum atomic E-state index is -0.796. The van der Waals surface area contributed by atoms with Crippen molar-refractivity contribution < 1.29 is 14.1 Å². The van der Waals surface area contributed by atoms with Crippen molar-refractivity contribution in [3.05, 3.63) is 119 Å². The number of nitrogens with zero attached hydrogens (tertiary/aromatic N) is 1. The third kappa shape index (κ3) is 7.05. The number of quaternary nitrogens is 1. The largest absolute Gasteiger partial charge is 0.343 e. The van der Waals surface area contributed by atoms with Crippen LogP contribution < -0.4 is 16.0 Å². The molecule has 1 aliphatic rings. The second-order valence-corrected chi connectivity index (χ2v) is 11.8. The molecule has 42 heavy (non-hydrogen) atoms. The van der Waals surface area contributed by atoms with Gasteiger partial charge in [0, 0.05) is 35.8 Å². The molecular formula is C34H36ClN4O2S+. The van der Waals surface area contributed by atoms with Crippen molar-refractivity contribution in [3.63, 3.8) is 0 Å². The number of nitrogens with one attached hydrogen (secondary N) is 3. The Balaban J connectivity index is 1.47. The second-order valence-electron chi connectivity index (χ2n) is 11.0. The molecule has 0 saturated carbocycles. The van der Waals surface area contributed by atoms with E-state index in [1.165, 1.54) is 0 Å². The minimum absolute atomic E-state index is 0.159. The first kappa shape index (κ1) is 29.9. The van der Waals surface area contributed by atoms with Crippen LogP contribution in [0.2, 0.25) is 5.02 Å². The highest BCUT2D eigenvalue weighted by atomic mass is 35.5. The number of carbonyl (C=O) groups excluding carboxylic acids is 2. The monoisotopic (exact) mass is 599 g/mol. The van der Waals surface area contributed by atoms with Crippen molar-refractivity contribution in [1.82, 2.24) is 16.0 Å². The second kappa shape index (κ2) is 13.6. The summed E-state index contributed by atoms with van der Waals surface area (Å²) in [5.74, 6) is -0.345. The van der Waals surface area contributed by atoms with Crippen molar-refractivity contribution in [2.75, 3.05) is 13.6 Å². The van der Waals surface area contributed by atoms with Gasteiger partial charge in [0.1, 0.15) is 12.6 Å². The van der Waals surface area contributed by atoms with E-state index in [0.717, 1.165) is 46.8 Å². The van der Waals surface area contributed by atoms with E-state index in [0.29, 0.717) is 29.6 Å². The topological polar surface area (TPSA) is 70.2 Å². The molecular weight excluding hydrogens is 564 g/mol. The lowest BCUT2D eigenvalue weighted by molar-refractivity contribution is -0.757. The van der Waals surface area contributed by atoms with Gasteiger partial charge in [0.15, 0.2) is 0 Å². The molecule has 1 saturated heterocycles. The summed E-state index contributed by atoms with van der Waals surface area (Å²) in [6.45, 7) is 1.50. The van der Waals surface area contributed by atoms with Crippen LogP contribution in [0.3, 0.4) is 0 Å². The molecule has 1 fully saturated rings. The third-order valence-corrected chi connectivity index (χ3v) is 8.83. The Morgan fingerprint density at radius 3 is 2.40 bits per heavy atom. The quantitative estimate of drug-likeness (QED) is 0.175. The zero-order valence-corrected chi connectivity index (χ0v) is 25.3. The van der Waals surface area contributed by atoms with Crippen molar-refractivity contribution in [1.29, 1.82) is 0 Å². The standard InChI is InChI=1S/C34H35ClN4O2S/c1-39(23-24-10-3-2-4-11-24,34(42)37-22-28-14-7-8-15-29(28)35)33(41)31(38-32(40)30-16-9-19-36-30)21-25-17-18-26-12-5-6-13-27(26)20-25/h2-8,10-15,17-18,20,30-31,36H,9,16,19,21-23H2,1H3,(H-,37,38,40,42)/p+1/t30-,31-,39?/m0/s1. The average Bonchev–Trinajstić information content (AvgIpc) is 3.56. The zero-order valence-electron chi connectivity index (χ0n) is 23.7. The van der Waals surface area contributed by atoms with Gasteiger partial charge in [-0.15, -0.1) is 0 Å². The van der Waals surface area contributed by atoms with E-state index in [4.69, 9.17) is 23.8 Å². The summed E-state index contributed by atoms with van der Waals surface area (Å²) < 4.78 is -0.208. The van der Waals surface area contributed by atoms with E-state index in [1.807, 2.05) is 79.8 Å². The summed E-state index contributed by atoms with van der Waals surface area (Å²) in [7, 11) is 1.82. The maximum absolute atomic E-state index is 14.7. The molecule has 1 aliphatic heterocycles. The summed E-state index contributed by atoms with van der Waals surface area (Å²) in [4.78, 5) is 28.1. The van der Waals surface area contributed by atoms with Gasteiger partial charge in [0.05, 0.1) is 13.1 Å². The average molecular weight is 600 g/mol. The predicted molar refractivity (Wildman–Crippen MR) is 173 cm³/mol. The van der Waals surface area contributed by atoms with Gasteiger partial charge >= 0.3 is 5.91 Å². The zero-order chi connectivity index (χ0) is 29.5. The maximum Gasteiger partial charge on any atom is 0.343 e. The van der Waals surface area contributed by atoms with Crippen LogP contribution in [-0.2, 0) is 29.1 Å². The number of rotatable bonds is 9. The summed E-state index contributed by atoms with van der Waals surface area (Å²) in [5.41, 5.74) is 2.81. The molecule has 0 spiro atoms. The molecule has 1 unspecified atom stereocenters. The molecule has 3 N–H and O–H groups in total. The molecule has 216 valence electrons. The van der Waals surface area contributed by atoms with Crippen LogP contribution in [0.15, 0.2) is 97.1 Å². The maximum atomic E-state index is 14.7. The SMILES string of the molecule is C[N+](Cc1ccccc1)(C(=O)[C@H](Cc1ccc2ccccc2c1)NC(=O)[C@@H]1CCCN1)C(=S)NCc1ccccc1Cl. The Bertz CT molecular complexity index is 1570. The molecule has 4 aromatic carbocycles. The molecule has 2 amide bonds. The number of amides is 2. The first-order chi connectivity index (χ1) is 20.3. The summed E-state index contributed by atoms with van der Waals surface area (Å²) in [6, 6.07) is 30.6. The van der Waals surface area contributed by atoms with Crippen LogP contribution >= 0.6 is 23.8 Å². The number of fused-ring (bicyclic) bond motifs is 1. The molecule has 0 aliphatic carbocycles. The predicted octanol–water partition coefficient (Wildman–Crippen LogP) is 5.52. The van der Waals surface area contributed by atoms with Crippen LogP contribution in [0.25, 0.3) is 10.8 Å². The van der Waals surface area contributed by atoms with Crippen LogP contribution in [0.1, 0.15) is 29.5 Å². The van der Waals surface area contributed by atoms with Crippen molar-refractivity contribution >= 4 is 51.5 Å². The Morgan fingerprint density at radius 2 is 1.67 bits per heavy atom. The first-order valence-electron chi connectivity index (χ1n) is 14.3. The van der Waals surface area contributed by atoms with Gasteiger partial charge in [-0.2, -0.15) is 0 Å². The first-order valence-corrected chi connectivity index (χ1v) is 15.1. The van der Waals surface area contributed by atoms with Crippen LogP contribution in [0, 0.1) is 0 Å². The molecule has 8 heteroatoms. The summed E-state index contributed by atoms with van der Waals surface area (Å²) in [6.07, 6.45) is 2.02. The highest BCUT2D eigenvalue weighted by Crippen LogP contribution is 2.22. The van der Waals surface area contributed by atoms with Gasteiger partial charge in [0.2, 0.25) is 5.91 Å². The Hall–Kier alpha value is -3.62. The van der Waals surface area contributed by atoms with Gasteiger partial charge < -0.3 is 16.0 Å². The van der Waals surface area contributed by atoms with E-state index in [9.17, 15) is 9.59 Å². The summed E-state index contributed by atoms with van der Waals surface area (Å²) in [5, 5.41) is 12.9. The Kier molecular flexibility index (Phi) is 9.65. The van der Waals surface area contributed by atoms with Gasteiger partial charge in [0.25, 0.3) is 5.11 Å². The van der Waals surface area contributed by atoms with E-state index >= 15 is 0 Å². The fraction of sp³-hybridized carbons (Fsp3) is 0.265. The molecule has 0 bridgehead atoms. The number of halogens is 1. The number of thiocarbonyl (C=S) groups is 1. The highest BCUT2D eigenvalue weighted by Gasteiger charge is 2.43. The van der Waals surface area contributed by atoms with E-state index < -0.39 is 6.04 Å². The van der Waals surface area contributed by atoms with E-state index in [2.05, 4.69) is 40.2 Å². The van der Waals surface area contributed by atoms with E-state index in [1.54, 1.807) is 0 Å². The van der Waals surface area contributed by atoms with Crippen molar-refractivity contribution in [3.8, 4) is 0 Å². The molecule has 0 radical (unpaired) electrons. The minimum Gasteiger partial charge on any atom is -0.339 e. The lowest BCUT2D eigenvalue weighted by Gasteiger charge is -2.35. The van der Waals surface area contributed by atoms with Gasteiger partial charge in [-0.1, -0.05) is 103 Å². The van der Waals surface area contributed by atoms with Gasteiger partial charge in [-0.05, 0) is 47.4 Å². The number of hydrogen-bond acceptors (Lipinski definition) is 4. The Labute approximate surface area is 257 Å². The molecule has 3 atom stereocenters. The highest BCUT2D eigenvalue weighted by molar-refractivity contribution is 7.80. The van der Waals surface area contributed by atoms with Crippen LogP contribution in [0.4, 0.5) is 0 Å². The number of hydrogen-bond donors (Lipinski definition) is 3. The summed E-state index contributed by atoms with van der Waals surface area (Å²) >= 11 is 12.4. The van der Waals surface area contributed by atoms with Gasteiger partial charge in [-0.3, -0.25) is 4.79 Å². The molecule has 4 aromatic rings. The molecule has 5 rings (SSSR count). The van der Waals surface area contributed by atoms with E-state index in [-0.39, 0.29) is 22.3 Å². The number of carbonyl (C=O) groups is 2. The lowest BCUT2D eigenvalue weighted by Crippen LogP contribution is -2.64. The van der Waals surface area contributed by atoms with Gasteiger partial charge in [-0.25, -0.2) is 9.28 Å². The Morgan fingerprint density at radius 1 is 0.952 bits per heavy atom. The lowest BCUT2D eigenvalue weighted by atomic mass is 9.99. The molecule has 6 nitrogen and oxygen atoms in total. The number of benzene rings is 4. The number of likely N-dealkylation sites (N-methyl/N-ethyl adjacent to an activating group) is 1. The molecule has 1 heterocycles. The fourth-order valence-electron chi connectivity index (χ4n) is 5.51. The smallest absolute Gasteiger partial charge is 0.339 e. The third-order valence-electron chi connectivity index (χ3n) is 7.91. The van der Waals surface area contributed by atoms with Crippen LogP contribution in [0.5, 0.6) is 0 Å². The normalized spacial score (nSPS) is 16.9. The molecule has 0 aromatic heterocycles. The van der Waals surface area contributed by atoms with Crippen molar-refractivity contribution in [2.45, 2.75) is 44.4 Å².